The van der Waals surface area contributed by atoms with E-state index >= 15 is 0 Å². The zero-order valence-electron chi connectivity index (χ0n) is 48.6. The van der Waals surface area contributed by atoms with Gasteiger partial charge in [-0.05, 0) is 122 Å². The quantitative estimate of drug-likeness (QED) is 0.0261. The predicted molar refractivity (Wildman–Crippen MR) is 320 cm³/mol. The molecule has 6 nitrogen and oxygen atoms in total. The molecule has 0 aliphatic heterocycles. The first-order valence-corrected chi connectivity index (χ1v) is 31.2. The second-order valence-corrected chi connectivity index (χ2v) is 20.6. The molecule has 0 aliphatic rings. The second kappa shape index (κ2) is 61.9. The van der Waals surface area contributed by atoms with Gasteiger partial charge in [-0.1, -0.05) is 253 Å². The highest BCUT2D eigenvalue weighted by Gasteiger charge is 2.19. The maximum Gasteiger partial charge on any atom is 0.306 e. The summed E-state index contributed by atoms with van der Waals surface area (Å²) in [5.74, 6) is -0.899. The van der Waals surface area contributed by atoms with Gasteiger partial charge in [0.05, 0.1) is 0 Å². The van der Waals surface area contributed by atoms with E-state index in [1.165, 1.54) is 141 Å². The summed E-state index contributed by atoms with van der Waals surface area (Å²) in [7, 11) is 0. The highest BCUT2D eigenvalue weighted by atomic mass is 16.6. The van der Waals surface area contributed by atoms with Gasteiger partial charge in [0.25, 0.3) is 0 Å². The monoisotopic (exact) mass is 1030 g/mol. The standard InChI is InChI=1S/C68H116O6/c1-4-7-10-13-16-19-22-25-27-28-29-30-31-32-33-34-35-36-37-38-39-40-42-43-46-49-52-55-58-61-67(70)73-64-65(63-72-66(69)60-57-54-51-48-45-24-21-18-15-12-9-6-3)74-68(71)62-59-56-53-50-47-44-41-26-23-20-17-14-11-8-5-2/h7,10,16,18-19,21,25-27,29-30,32-33,35-36,41,65H,4-6,8-9,11-15,17,20,22-24,28,31,34,37-40,42-64H2,1-3H3/b10-7-,19-16-,21-18-,27-25-,30-29-,33-32-,36-35-,41-26-. The summed E-state index contributed by atoms with van der Waals surface area (Å²) >= 11 is 0. The van der Waals surface area contributed by atoms with E-state index in [0.29, 0.717) is 19.3 Å². The van der Waals surface area contributed by atoms with Crippen LogP contribution in [0.25, 0.3) is 0 Å². The first kappa shape index (κ1) is 70.3. The topological polar surface area (TPSA) is 78.9 Å². The summed E-state index contributed by atoms with van der Waals surface area (Å²) in [6, 6.07) is 0. The van der Waals surface area contributed by atoms with Crippen LogP contribution in [0.5, 0.6) is 0 Å². The predicted octanol–water partition coefficient (Wildman–Crippen LogP) is 21.3. The lowest BCUT2D eigenvalue weighted by Crippen LogP contribution is -2.30. The smallest absolute Gasteiger partial charge is 0.306 e. The summed E-state index contributed by atoms with van der Waals surface area (Å²) < 4.78 is 16.9. The molecular weight excluding hydrogens is 913 g/mol. The molecule has 0 aromatic rings. The molecule has 74 heavy (non-hydrogen) atoms. The third kappa shape index (κ3) is 59.2. The number of carbonyl (C=O) groups excluding carboxylic acids is 3. The zero-order valence-corrected chi connectivity index (χ0v) is 48.6. The van der Waals surface area contributed by atoms with Gasteiger partial charge < -0.3 is 14.2 Å². The highest BCUT2D eigenvalue weighted by Crippen LogP contribution is 2.15. The normalized spacial score (nSPS) is 12.7. The van der Waals surface area contributed by atoms with E-state index in [2.05, 4.69) is 118 Å². The Hall–Kier alpha value is -3.67. The van der Waals surface area contributed by atoms with E-state index in [1.807, 2.05) is 0 Å². The first-order chi connectivity index (χ1) is 36.5. The number of hydrogen-bond acceptors (Lipinski definition) is 6. The van der Waals surface area contributed by atoms with Crippen LogP contribution in [-0.4, -0.2) is 37.2 Å². The summed E-state index contributed by atoms with van der Waals surface area (Å²) in [6.07, 6.45) is 82.7. The molecule has 0 rings (SSSR count). The van der Waals surface area contributed by atoms with E-state index in [9.17, 15) is 14.4 Å². The van der Waals surface area contributed by atoms with Crippen LogP contribution in [-0.2, 0) is 28.6 Å². The van der Waals surface area contributed by atoms with E-state index in [1.54, 1.807) is 0 Å². The van der Waals surface area contributed by atoms with Crippen molar-refractivity contribution in [1.82, 2.24) is 0 Å². The summed E-state index contributed by atoms with van der Waals surface area (Å²) in [5.41, 5.74) is 0. The molecule has 0 fully saturated rings. The number of carbonyl (C=O) groups is 3. The molecule has 424 valence electrons. The third-order valence-electron chi connectivity index (χ3n) is 13.3. The van der Waals surface area contributed by atoms with Gasteiger partial charge >= 0.3 is 17.9 Å². The number of rotatable bonds is 56. The first-order valence-electron chi connectivity index (χ1n) is 31.2. The maximum absolute atomic E-state index is 12.9. The number of allylic oxidation sites excluding steroid dienone is 16. The van der Waals surface area contributed by atoms with Gasteiger partial charge in [-0.2, -0.15) is 0 Å². The van der Waals surface area contributed by atoms with E-state index in [4.69, 9.17) is 14.2 Å². The minimum atomic E-state index is -0.787. The second-order valence-electron chi connectivity index (χ2n) is 20.6. The van der Waals surface area contributed by atoms with Crippen LogP contribution in [0.3, 0.4) is 0 Å². The molecule has 0 aliphatic carbocycles. The Morgan fingerprint density at radius 2 is 0.527 bits per heavy atom. The fourth-order valence-corrected chi connectivity index (χ4v) is 8.61. The van der Waals surface area contributed by atoms with E-state index < -0.39 is 6.10 Å². The van der Waals surface area contributed by atoms with Crippen LogP contribution < -0.4 is 0 Å². The fourth-order valence-electron chi connectivity index (χ4n) is 8.61. The van der Waals surface area contributed by atoms with Crippen LogP contribution in [0.2, 0.25) is 0 Å². The molecule has 1 atom stereocenters. The average molecular weight is 1030 g/mol. The Kier molecular flexibility index (Phi) is 58.8. The minimum absolute atomic E-state index is 0.0847. The summed E-state index contributed by atoms with van der Waals surface area (Å²) in [4.78, 5) is 38.2. The lowest BCUT2D eigenvalue weighted by Gasteiger charge is -2.18. The maximum atomic E-state index is 12.9. The number of ether oxygens (including phenoxy) is 3. The average Bonchev–Trinajstić information content (AvgIpc) is 3.40. The largest absolute Gasteiger partial charge is 0.462 e. The molecule has 0 N–H and O–H groups in total. The van der Waals surface area contributed by atoms with Crippen LogP contribution in [0.15, 0.2) is 97.2 Å². The molecule has 0 amide bonds. The van der Waals surface area contributed by atoms with Crippen molar-refractivity contribution < 1.29 is 28.6 Å². The molecule has 0 heterocycles. The van der Waals surface area contributed by atoms with Crippen LogP contribution in [0.1, 0.15) is 297 Å². The van der Waals surface area contributed by atoms with Crippen molar-refractivity contribution in [2.75, 3.05) is 13.2 Å². The molecule has 0 bridgehead atoms. The van der Waals surface area contributed by atoms with Crippen molar-refractivity contribution in [3.05, 3.63) is 97.2 Å². The lowest BCUT2D eigenvalue weighted by atomic mass is 10.1. The molecule has 0 saturated heterocycles. The summed E-state index contributed by atoms with van der Waals surface area (Å²) in [5, 5.41) is 0. The number of unbranched alkanes of at least 4 members (excludes halogenated alkanes) is 29. The molecule has 6 heteroatoms. The Morgan fingerprint density at radius 3 is 0.865 bits per heavy atom. The Balaban J connectivity index is 4.26. The number of esters is 3. The molecule has 0 aromatic carbocycles. The van der Waals surface area contributed by atoms with Gasteiger partial charge in [0.15, 0.2) is 6.10 Å². The van der Waals surface area contributed by atoms with Crippen LogP contribution >= 0.6 is 0 Å². The molecule has 1 unspecified atom stereocenters. The van der Waals surface area contributed by atoms with Gasteiger partial charge in [0, 0.05) is 19.3 Å². The van der Waals surface area contributed by atoms with Crippen molar-refractivity contribution in [1.29, 1.82) is 0 Å². The van der Waals surface area contributed by atoms with Crippen molar-refractivity contribution in [2.24, 2.45) is 0 Å². The molecule has 0 aromatic heterocycles. The third-order valence-corrected chi connectivity index (χ3v) is 13.3. The minimum Gasteiger partial charge on any atom is -0.462 e. The van der Waals surface area contributed by atoms with Gasteiger partial charge in [-0.3, -0.25) is 14.4 Å². The Bertz CT molecular complexity index is 1460. The summed E-state index contributed by atoms with van der Waals surface area (Å²) in [6.45, 7) is 6.49. The van der Waals surface area contributed by atoms with Gasteiger partial charge in [-0.25, -0.2) is 0 Å². The molecule has 0 spiro atoms. The van der Waals surface area contributed by atoms with E-state index in [0.717, 1.165) is 116 Å². The van der Waals surface area contributed by atoms with Crippen LogP contribution in [0, 0.1) is 0 Å². The van der Waals surface area contributed by atoms with Gasteiger partial charge in [-0.15, -0.1) is 0 Å². The van der Waals surface area contributed by atoms with Gasteiger partial charge in [0.1, 0.15) is 13.2 Å². The van der Waals surface area contributed by atoms with Gasteiger partial charge in [0.2, 0.25) is 0 Å². The zero-order chi connectivity index (χ0) is 53.6. The van der Waals surface area contributed by atoms with Crippen molar-refractivity contribution in [3.8, 4) is 0 Å². The fraction of sp³-hybridized carbons (Fsp3) is 0.721. The molecular formula is C68H116O6. The Morgan fingerprint density at radius 1 is 0.284 bits per heavy atom. The highest BCUT2D eigenvalue weighted by molar-refractivity contribution is 5.71. The van der Waals surface area contributed by atoms with Crippen LogP contribution in [0.4, 0.5) is 0 Å². The lowest BCUT2D eigenvalue weighted by molar-refractivity contribution is -0.167. The SMILES string of the molecule is CC/C=C\C/C=C\C/C=C\C/C=C\C/C=C\C/C=C\CCCCCCCCCCCCC(=O)OCC(COC(=O)CCCCCCC/C=C\CCCCC)OC(=O)CCCCCCC/C=C\CCCCCCCC. The van der Waals surface area contributed by atoms with Crippen molar-refractivity contribution in [3.63, 3.8) is 0 Å². The van der Waals surface area contributed by atoms with E-state index in [-0.39, 0.29) is 31.1 Å². The molecule has 0 saturated carbocycles. The van der Waals surface area contributed by atoms with Crippen molar-refractivity contribution in [2.45, 2.75) is 303 Å². The Labute approximate surface area is 457 Å². The van der Waals surface area contributed by atoms with Crippen molar-refractivity contribution >= 4 is 17.9 Å². The molecule has 0 radical (unpaired) electrons. The number of hydrogen-bond donors (Lipinski definition) is 0.